The zero-order chi connectivity index (χ0) is 17.9. The van der Waals surface area contributed by atoms with E-state index in [0.717, 1.165) is 49.2 Å². The molecule has 0 spiro atoms. The molecule has 1 atom stereocenters. The Hall–Kier alpha value is -2.57. The van der Waals surface area contributed by atoms with Crippen molar-refractivity contribution < 1.29 is 4.74 Å². The van der Waals surface area contributed by atoms with E-state index in [0.29, 0.717) is 6.04 Å². The Labute approximate surface area is 153 Å². The molecule has 134 valence electrons. The van der Waals surface area contributed by atoms with Gasteiger partial charge in [0.2, 0.25) is 0 Å². The smallest absolute Gasteiger partial charge is 0.157 e. The highest BCUT2D eigenvalue weighted by Gasteiger charge is 2.18. The van der Waals surface area contributed by atoms with Crippen LogP contribution in [-0.2, 0) is 4.74 Å². The van der Waals surface area contributed by atoms with Gasteiger partial charge in [-0.15, -0.1) is 0 Å². The monoisotopic (exact) mass is 349 g/mol. The Morgan fingerprint density at radius 2 is 1.85 bits per heavy atom. The molecule has 3 heterocycles. The predicted octanol–water partition coefficient (Wildman–Crippen LogP) is 3.03. The van der Waals surface area contributed by atoms with Crippen molar-refractivity contribution in [3.8, 4) is 17.1 Å². The lowest BCUT2D eigenvalue weighted by Gasteiger charge is -2.32. The molecule has 1 aliphatic heterocycles. The van der Waals surface area contributed by atoms with E-state index in [1.54, 1.807) is 10.9 Å². The average molecular weight is 349 g/mol. The zero-order valence-electron chi connectivity index (χ0n) is 15.2. The second-order valence-corrected chi connectivity index (χ2v) is 6.56. The average Bonchev–Trinajstić information content (AvgIpc) is 3.23. The summed E-state index contributed by atoms with van der Waals surface area (Å²) in [6.45, 7) is 7.77. The SMILES string of the molecule is Cc1nc(-c2ccc([C@@H](C)N3CCOCC3)cc2)cc(-n2cccn2)n1. The fourth-order valence-electron chi connectivity index (χ4n) is 3.33. The summed E-state index contributed by atoms with van der Waals surface area (Å²) in [7, 11) is 0. The Morgan fingerprint density at radius 1 is 1.08 bits per heavy atom. The number of benzene rings is 1. The summed E-state index contributed by atoms with van der Waals surface area (Å²) in [6.07, 6.45) is 3.64. The normalized spacial score (nSPS) is 16.5. The van der Waals surface area contributed by atoms with Crippen molar-refractivity contribution in [2.75, 3.05) is 26.3 Å². The van der Waals surface area contributed by atoms with E-state index in [9.17, 15) is 0 Å². The van der Waals surface area contributed by atoms with Crippen LogP contribution in [0.1, 0.15) is 24.4 Å². The van der Waals surface area contributed by atoms with E-state index in [-0.39, 0.29) is 0 Å². The molecule has 0 unspecified atom stereocenters. The molecular formula is C20H23N5O. The molecule has 0 saturated carbocycles. The van der Waals surface area contributed by atoms with Crippen LogP contribution < -0.4 is 0 Å². The maximum atomic E-state index is 5.45. The first-order valence-corrected chi connectivity index (χ1v) is 8.98. The second-order valence-electron chi connectivity index (χ2n) is 6.56. The lowest BCUT2D eigenvalue weighted by molar-refractivity contribution is 0.0198. The van der Waals surface area contributed by atoms with E-state index in [1.807, 2.05) is 25.3 Å². The van der Waals surface area contributed by atoms with Crippen LogP contribution in [0.4, 0.5) is 0 Å². The summed E-state index contributed by atoms with van der Waals surface area (Å²) in [6, 6.07) is 12.9. The van der Waals surface area contributed by atoms with E-state index in [1.165, 1.54) is 5.56 Å². The fourth-order valence-corrected chi connectivity index (χ4v) is 3.33. The van der Waals surface area contributed by atoms with Crippen molar-refractivity contribution in [3.05, 3.63) is 60.2 Å². The molecule has 1 aromatic carbocycles. The Kier molecular flexibility index (Phi) is 4.77. The number of hydrogen-bond acceptors (Lipinski definition) is 5. The number of rotatable bonds is 4. The van der Waals surface area contributed by atoms with Crippen LogP contribution >= 0.6 is 0 Å². The molecule has 0 aliphatic carbocycles. The first-order chi connectivity index (χ1) is 12.7. The van der Waals surface area contributed by atoms with Gasteiger partial charge in [0.05, 0.1) is 18.9 Å². The minimum atomic E-state index is 0.389. The predicted molar refractivity (Wildman–Crippen MR) is 100 cm³/mol. The summed E-state index contributed by atoms with van der Waals surface area (Å²) >= 11 is 0. The number of hydrogen-bond donors (Lipinski definition) is 0. The maximum Gasteiger partial charge on any atom is 0.157 e. The summed E-state index contributed by atoms with van der Waals surface area (Å²) in [5.41, 5.74) is 3.31. The molecular weight excluding hydrogens is 326 g/mol. The highest BCUT2D eigenvalue weighted by atomic mass is 16.5. The van der Waals surface area contributed by atoms with Crippen LogP contribution in [0, 0.1) is 6.92 Å². The van der Waals surface area contributed by atoms with Crippen LogP contribution in [0.2, 0.25) is 0 Å². The molecule has 2 aromatic heterocycles. The van der Waals surface area contributed by atoms with Crippen LogP contribution in [0.15, 0.2) is 48.8 Å². The van der Waals surface area contributed by atoms with Crippen molar-refractivity contribution in [3.63, 3.8) is 0 Å². The van der Waals surface area contributed by atoms with E-state index >= 15 is 0 Å². The molecule has 0 amide bonds. The number of nitrogens with zero attached hydrogens (tertiary/aromatic N) is 5. The summed E-state index contributed by atoms with van der Waals surface area (Å²) < 4.78 is 7.21. The summed E-state index contributed by atoms with van der Waals surface area (Å²) in [5, 5.41) is 4.26. The third-order valence-corrected chi connectivity index (χ3v) is 4.85. The largest absolute Gasteiger partial charge is 0.379 e. The molecule has 1 saturated heterocycles. The molecule has 3 aromatic rings. The molecule has 0 bridgehead atoms. The number of aromatic nitrogens is 4. The van der Waals surface area contributed by atoms with E-state index in [2.05, 4.69) is 51.2 Å². The van der Waals surface area contributed by atoms with Gasteiger partial charge in [-0.05, 0) is 25.5 Å². The number of morpholine rings is 1. The fraction of sp³-hybridized carbons (Fsp3) is 0.350. The van der Waals surface area contributed by atoms with Gasteiger partial charge in [0.15, 0.2) is 5.82 Å². The van der Waals surface area contributed by atoms with Gasteiger partial charge in [0, 0.05) is 43.2 Å². The first kappa shape index (κ1) is 16.9. The summed E-state index contributed by atoms with van der Waals surface area (Å²) in [5.74, 6) is 1.52. The molecule has 1 aliphatic rings. The highest BCUT2D eigenvalue weighted by Crippen LogP contribution is 2.25. The zero-order valence-corrected chi connectivity index (χ0v) is 15.2. The molecule has 6 nitrogen and oxygen atoms in total. The second kappa shape index (κ2) is 7.35. The number of aryl methyl sites for hydroxylation is 1. The molecule has 4 rings (SSSR count). The van der Waals surface area contributed by atoms with Gasteiger partial charge in [-0.2, -0.15) is 5.10 Å². The van der Waals surface area contributed by atoms with Gasteiger partial charge < -0.3 is 4.74 Å². The molecule has 1 fully saturated rings. The topological polar surface area (TPSA) is 56.1 Å². The van der Waals surface area contributed by atoms with Gasteiger partial charge in [0.1, 0.15) is 5.82 Å². The quantitative estimate of drug-likeness (QED) is 0.725. The van der Waals surface area contributed by atoms with Crippen LogP contribution in [-0.4, -0.2) is 51.0 Å². The van der Waals surface area contributed by atoms with E-state index in [4.69, 9.17) is 4.74 Å². The Bertz CT molecular complexity index is 854. The van der Waals surface area contributed by atoms with Gasteiger partial charge in [0.25, 0.3) is 0 Å². The van der Waals surface area contributed by atoms with Crippen LogP contribution in [0.25, 0.3) is 17.1 Å². The maximum absolute atomic E-state index is 5.45. The van der Waals surface area contributed by atoms with Crippen molar-refractivity contribution >= 4 is 0 Å². The lowest BCUT2D eigenvalue weighted by Crippen LogP contribution is -2.37. The minimum absolute atomic E-state index is 0.389. The van der Waals surface area contributed by atoms with Gasteiger partial charge >= 0.3 is 0 Å². The van der Waals surface area contributed by atoms with Crippen molar-refractivity contribution in [1.29, 1.82) is 0 Å². The van der Waals surface area contributed by atoms with Crippen LogP contribution in [0.3, 0.4) is 0 Å². The molecule has 0 N–H and O–H groups in total. The van der Waals surface area contributed by atoms with Crippen molar-refractivity contribution in [2.45, 2.75) is 19.9 Å². The van der Waals surface area contributed by atoms with E-state index < -0.39 is 0 Å². The third kappa shape index (κ3) is 3.52. The molecule has 0 radical (unpaired) electrons. The lowest BCUT2D eigenvalue weighted by atomic mass is 10.0. The highest BCUT2D eigenvalue weighted by molar-refractivity contribution is 5.61. The van der Waals surface area contributed by atoms with Crippen molar-refractivity contribution in [2.24, 2.45) is 0 Å². The third-order valence-electron chi connectivity index (χ3n) is 4.85. The van der Waals surface area contributed by atoms with Crippen molar-refractivity contribution in [1.82, 2.24) is 24.6 Å². The van der Waals surface area contributed by atoms with Gasteiger partial charge in [-0.25, -0.2) is 14.6 Å². The first-order valence-electron chi connectivity index (χ1n) is 8.98. The standard InChI is InChI=1S/C20H23N5O/c1-15(24-10-12-26-13-11-24)17-4-6-18(7-5-17)19-14-20(23-16(2)22-19)25-9-3-8-21-25/h3-9,14-15H,10-13H2,1-2H3/t15-/m1/s1. The Balaban J connectivity index is 1.59. The molecule has 6 heteroatoms. The molecule has 26 heavy (non-hydrogen) atoms. The summed E-state index contributed by atoms with van der Waals surface area (Å²) in [4.78, 5) is 11.5. The van der Waals surface area contributed by atoms with Crippen LogP contribution in [0.5, 0.6) is 0 Å². The van der Waals surface area contributed by atoms with Gasteiger partial charge in [-0.3, -0.25) is 4.90 Å². The number of ether oxygens (including phenoxy) is 1. The minimum Gasteiger partial charge on any atom is -0.379 e. The van der Waals surface area contributed by atoms with Gasteiger partial charge in [-0.1, -0.05) is 24.3 Å². The Morgan fingerprint density at radius 3 is 2.54 bits per heavy atom.